The molecule has 25 heavy (non-hydrogen) atoms. The molecule has 1 aliphatic rings. The molecule has 1 N–H and O–H groups in total. The molecule has 0 heterocycles. The third kappa shape index (κ3) is 6.74. The lowest BCUT2D eigenvalue weighted by molar-refractivity contribution is -0.122. The highest BCUT2D eigenvalue weighted by atomic mass is 32.2. The average molecular weight is 370 g/mol. The monoisotopic (exact) mass is 370 g/mol. The van der Waals surface area contributed by atoms with Crippen molar-refractivity contribution in [1.82, 2.24) is 9.62 Å². The van der Waals surface area contributed by atoms with Crippen LogP contribution in [0, 0.1) is 5.82 Å². The van der Waals surface area contributed by atoms with Crippen LogP contribution >= 0.6 is 0 Å². The Kier molecular flexibility index (Phi) is 7.38. The molecule has 2 rings (SSSR count). The Morgan fingerprint density at radius 3 is 2.36 bits per heavy atom. The molecule has 0 bridgehead atoms. The standard InChI is InChI=1S/C18H27FN2O3S/c1-25(23,24)21(13-15-9-7-8-12-17(15)19)14-18(22)20-16-10-5-3-2-4-6-11-16/h7-9,12,16H,2-6,10-11,13-14H2,1H3,(H,20,22). The van der Waals surface area contributed by atoms with Crippen LogP contribution in [0.15, 0.2) is 24.3 Å². The van der Waals surface area contributed by atoms with Gasteiger partial charge in [-0.2, -0.15) is 4.31 Å². The summed E-state index contributed by atoms with van der Waals surface area (Å²) in [6.45, 7) is -0.437. The van der Waals surface area contributed by atoms with Gasteiger partial charge in [0.2, 0.25) is 15.9 Å². The normalized spacial score (nSPS) is 17.1. The van der Waals surface area contributed by atoms with Gasteiger partial charge in [0.25, 0.3) is 0 Å². The summed E-state index contributed by atoms with van der Waals surface area (Å²) in [5.41, 5.74) is 0.256. The maximum absolute atomic E-state index is 13.8. The fraction of sp³-hybridized carbons (Fsp3) is 0.611. The van der Waals surface area contributed by atoms with E-state index in [1.165, 1.54) is 31.4 Å². The largest absolute Gasteiger partial charge is 0.352 e. The number of amides is 1. The van der Waals surface area contributed by atoms with Gasteiger partial charge < -0.3 is 5.32 Å². The fourth-order valence-corrected chi connectivity index (χ4v) is 3.87. The predicted molar refractivity (Wildman–Crippen MR) is 95.9 cm³/mol. The van der Waals surface area contributed by atoms with E-state index in [0.717, 1.165) is 36.2 Å². The van der Waals surface area contributed by atoms with Gasteiger partial charge in [-0.25, -0.2) is 12.8 Å². The van der Waals surface area contributed by atoms with E-state index < -0.39 is 15.8 Å². The van der Waals surface area contributed by atoms with Crippen molar-refractivity contribution in [3.8, 4) is 0 Å². The Labute approximate surface area is 149 Å². The Hall–Kier alpha value is -1.47. The Balaban J connectivity index is 1.99. The first-order valence-electron chi connectivity index (χ1n) is 8.84. The SMILES string of the molecule is CS(=O)(=O)N(CC(=O)NC1CCCCCCC1)Cc1ccccc1F. The third-order valence-electron chi connectivity index (χ3n) is 4.56. The van der Waals surface area contributed by atoms with Crippen LogP contribution in [-0.2, 0) is 21.4 Å². The van der Waals surface area contributed by atoms with E-state index in [1.54, 1.807) is 12.1 Å². The summed E-state index contributed by atoms with van der Waals surface area (Å²) < 4.78 is 38.8. The molecule has 1 fully saturated rings. The van der Waals surface area contributed by atoms with E-state index in [2.05, 4.69) is 5.32 Å². The minimum absolute atomic E-state index is 0.0997. The number of sulfonamides is 1. The van der Waals surface area contributed by atoms with Crippen molar-refractivity contribution in [2.24, 2.45) is 0 Å². The molecule has 0 unspecified atom stereocenters. The van der Waals surface area contributed by atoms with Gasteiger partial charge in [-0.3, -0.25) is 4.79 Å². The van der Waals surface area contributed by atoms with Crippen molar-refractivity contribution in [3.63, 3.8) is 0 Å². The topological polar surface area (TPSA) is 66.5 Å². The predicted octanol–water partition coefficient (Wildman–Crippen LogP) is 2.82. The first-order chi connectivity index (χ1) is 11.9. The fourth-order valence-electron chi connectivity index (χ4n) is 3.14. The average Bonchev–Trinajstić information content (AvgIpc) is 2.50. The molecule has 5 nitrogen and oxygen atoms in total. The summed E-state index contributed by atoms with van der Waals surface area (Å²) in [5.74, 6) is -0.802. The minimum Gasteiger partial charge on any atom is -0.352 e. The third-order valence-corrected chi connectivity index (χ3v) is 5.76. The molecule has 0 atom stereocenters. The quantitative estimate of drug-likeness (QED) is 0.837. The van der Waals surface area contributed by atoms with Gasteiger partial charge >= 0.3 is 0 Å². The van der Waals surface area contributed by atoms with Gasteiger partial charge in [-0.05, 0) is 18.9 Å². The second kappa shape index (κ2) is 9.29. The molecule has 0 aromatic heterocycles. The molecular formula is C18H27FN2O3S. The van der Waals surface area contributed by atoms with E-state index in [1.807, 2.05) is 0 Å². The van der Waals surface area contributed by atoms with Crippen molar-refractivity contribution >= 4 is 15.9 Å². The molecule has 0 saturated heterocycles. The van der Waals surface area contributed by atoms with Gasteiger partial charge in [0.05, 0.1) is 12.8 Å². The van der Waals surface area contributed by atoms with Gasteiger partial charge in [-0.1, -0.05) is 50.3 Å². The number of hydrogen-bond donors (Lipinski definition) is 1. The zero-order chi connectivity index (χ0) is 18.3. The van der Waals surface area contributed by atoms with Gasteiger partial charge in [0.1, 0.15) is 5.82 Å². The zero-order valence-corrected chi connectivity index (χ0v) is 15.5. The second-order valence-electron chi connectivity index (χ2n) is 6.73. The van der Waals surface area contributed by atoms with Crippen LogP contribution in [0.25, 0.3) is 0 Å². The number of hydrogen-bond acceptors (Lipinski definition) is 3. The molecular weight excluding hydrogens is 343 g/mol. The zero-order valence-electron chi connectivity index (χ0n) is 14.7. The van der Waals surface area contributed by atoms with Gasteiger partial charge in [-0.15, -0.1) is 0 Å². The molecule has 1 saturated carbocycles. The lowest BCUT2D eigenvalue weighted by Gasteiger charge is -2.24. The number of carbonyl (C=O) groups is 1. The van der Waals surface area contributed by atoms with E-state index in [9.17, 15) is 17.6 Å². The summed E-state index contributed by atoms with van der Waals surface area (Å²) in [5, 5.41) is 2.95. The summed E-state index contributed by atoms with van der Waals surface area (Å²) in [4.78, 5) is 12.3. The van der Waals surface area contributed by atoms with E-state index in [-0.39, 0.29) is 30.6 Å². The van der Waals surface area contributed by atoms with Crippen LogP contribution in [0.1, 0.15) is 50.5 Å². The molecule has 0 aliphatic heterocycles. The Morgan fingerprint density at radius 1 is 1.16 bits per heavy atom. The maximum atomic E-state index is 13.8. The number of rotatable bonds is 6. The lowest BCUT2D eigenvalue weighted by atomic mass is 9.97. The summed E-state index contributed by atoms with van der Waals surface area (Å²) in [6, 6.07) is 6.10. The first-order valence-corrected chi connectivity index (χ1v) is 10.7. The van der Waals surface area contributed by atoms with Crippen LogP contribution in [0.4, 0.5) is 4.39 Å². The molecule has 1 amide bonds. The minimum atomic E-state index is -3.62. The summed E-state index contributed by atoms with van der Waals surface area (Å²) >= 11 is 0. The van der Waals surface area contributed by atoms with Crippen LogP contribution in [0.5, 0.6) is 0 Å². The highest BCUT2D eigenvalue weighted by Gasteiger charge is 2.23. The number of benzene rings is 1. The first kappa shape index (κ1) is 19.8. The number of carbonyl (C=O) groups excluding carboxylic acids is 1. The lowest BCUT2D eigenvalue weighted by Crippen LogP contribution is -2.43. The van der Waals surface area contributed by atoms with Crippen molar-refractivity contribution < 1.29 is 17.6 Å². The van der Waals surface area contributed by atoms with E-state index >= 15 is 0 Å². The van der Waals surface area contributed by atoms with Crippen LogP contribution in [-0.4, -0.2) is 37.5 Å². The van der Waals surface area contributed by atoms with Crippen molar-refractivity contribution in [2.45, 2.75) is 57.5 Å². The van der Waals surface area contributed by atoms with Crippen molar-refractivity contribution in [2.75, 3.05) is 12.8 Å². The highest BCUT2D eigenvalue weighted by molar-refractivity contribution is 7.88. The van der Waals surface area contributed by atoms with Gasteiger partial charge in [0, 0.05) is 18.2 Å². The molecule has 7 heteroatoms. The van der Waals surface area contributed by atoms with E-state index in [0.29, 0.717) is 0 Å². The summed E-state index contributed by atoms with van der Waals surface area (Å²) in [7, 11) is -3.62. The number of nitrogens with zero attached hydrogens (tertiary/aromatic N) is 1. The van der Waals surface area contributed by atoms with Gasteiger partial charge in [0.15, 0.2) is 0 Å². The van der Waals surface area contributed by atoms with Crippen molar-refractivity contribution in [3.05, 3.63) is 35.6 Å². The number of nitrogens with one attached hydrogen (secondary N) is 1. The van der Waals surface area contributed by atoms with Crippen LogP contribution < -0.4 is 5.32 Å². The van der Waals surface area contributed by atoms with Crippen LogP contribution in [0.2, 0.25) is 0 Å². The smallest absolute Gasteiger partial charge is 0.235 e. The maximum Gasteiger partial charge on any atom is 0.235 e. The molecule has 1 aromatic rings. The molecule has 0 spiro atoms. The summed E-state index contributed by atoms with van der Waals surface area (Å²) in [6.07, 6.45) is 8.65. The van der Waals surface area contributed by atoms with Crippen LogP contribution in [0.3, 0.4) is 0 Å². The Bertz CT molecular complexity index is 671. The molecule has 140 valence electrons. The number of halogens is 1. The second-order valence-corrected chi connectivity index (χ2v) is 8.71. The van der Waals surface area contributed by atoms with E-state index in [4.69, 9.17) is 0 Å². The highest BCUT2D eigenvalue weighted by Crippen LogP contribution is 2.17. The molecule has 1 aromatic carbocycles. The Morgan fingerprint density at radius 2 is 1.76 bits per heavy atom. The molecule has 1 aliphatic carbocycles. The van der Waals surface area contributed by atoms with Crippen molar-refractivity contribution in [1.29, 1.82) is 0 Å². The molecule has 0 radical (unpaired) electrons.